The van der Waals surface area contributed by atoms with Crippen molar-refractivity contribution in [2.24, 2.45) is 5.73 Å². The molecule has 0 unspecified atom stereocenters. The molecule has 0 aliphatic heterocycles. The molecule has 2 rings (SSSR count). The highest BCUT2D eigenvalue weighted by Gasteiger charge is 2.24. The molecule has 0 aliphatic carbocycles. The van der Waals surface area contributed by atoms with E-state index in [1.54, 1.807) is 0 Å². The van der Waals surface area contributed by atoms with Crippen LogP contribution in [0.2, 0.25) is 0 Å². The summed E-state index contributed by atoms with van der Waals surface area (Å²) in [6.45, 7) is 8.55. The number of imidazole rings is 1. The molecule has 3 nitrogen and oxygen atoms in total. The quantitative estimate of drug-likeness (QED) is 0.845. The lowest BCUT2D eigenvalue weighted by Gasteiger charge is -2.17. The van der Waals surface area contributed by atoms with Gasteiger partial charge in [-0.2, -0.15) is 0 Å². The van der Waals surface area contributed by atoms with Gasteiger partial charge in [-0.15, -0.1) is 0 Å². The number of nitrogens with two attached hydrogens (primary N) is 1. The Labute approximate surface area is 113 Å². The lowest BCUT2D eigenvalue weighted by atomic mass is 9.90. The fourth-order valence-corrected chi connectivity index (χ4v) is 2.32. The van der Waals surface area contributed by atoms with Gasteiger partial charge in [0, 0.05) is 18.0 Å². The smallest absolute Gasteiger partial charge is 0.140 e. The molecule has 0 atom stereocenters. The summed E-state index contributed by atoms with van der Waals surface area (Å²) in [7, 11) is 0. The summed E-state index contributed by atoms with van der Waals surface area (Å²) >= 11 is 5.06. The van der Waals surface area contributed by atoms with E-state index in [-0.39, 0.29) is 5.41 Å². The van der Waals surface area contributed by atoms with Crippen molar-refractivity contribution in [2.45, 2.75) is 39.5 Å². The SMILES string of the molecule is Cc1cccn2c(CC(N)=S)c(C(C)(C)C)nc12. The van der Waals surface area contributed by atoms with Gasteiger partial charge in [-0.05, 0) is 18.6 Å². The Bertz CT molecular complexity index is 605. The van der Waals surface area contributed by atoms with Crippen molar-refractivity contribution in [1.82, 2.24) is 9.38 Å². The Morgan fingerprint density at radius 1 is 1.44 bits per heavy atom. The maximum Gasteiger partial charge on any atom is 0.140 e. The van der Waals surface area contributed by atoms with Crippen molar-refractivity contribution in [2.75, 3.05) is 0 Å². The molecule has 2 heterocycles. The summed E-state index contributed by atoms with van der Waals surface area (Å²) in [4.78, 5) is 5.29. The van der Waals surface area contributed by atoms with Crippen molar-refractivity contribution in [3.8, 4) is 0 Å². The Kier molecular flexibility index (Phi) is 3.15. The molecule has 0 spiro atoms. The van der Waals surface area contributed by atoms with Crippen LogP contribution in [-0.2, 0) is 11.8 Å². The Balaban J connectivity index is 2.76. The first-order chi connectivity index (χ1) is 8.30. The van der Waals surface area contributed by atoms with E-state index < -0.39 is 0 Å². The second kappa shape index (κ2) is 4.35. The molecule has 0 bridgehead atoms. The number of nitrogens with zero attached hydrogens (tertiary/aromatic N) is 2. The van der Waals surface area contributed by atoms with Crippen LogP contribution in [0.25, 0.3) is 5.65 Å². The molecule has 0 amide bonds. The van der Waals surface area contributed by atoms with Crippen molar-refractivity contribution in [3.63, 3.8) is 0 Å². The van der Waals surface area contributed by atoms with Gasteiger partial charge in [-0.3, -0.25) is 0 Å². The van der Waals surface area contributed by atoms with Crippen LogP contribution in [0.15, 0.2) is 18.3 Å². The number of hydrogen-bond acceptors (Lipinski definition) is 2. The summed E-state index contributed by atoms with van der Waals surface area (Å²) in [5, 5.41) is 0. The third-order valence-electron chi connectivity index (χ3n) is 3.00. The fourth-order valence-electron chi connectivity index (χ4n) is 2.19. The summed E-state index contributed by atoms with van der Waals surface area (Å²) in [5.41, 5.74) is 10.0. The summed E-state index contributed by atoms with van der Waals surface area (Å²) in [6.07, 6.45) is 2.62. The van der Waals surface area contributed by atoms with Crippen molar-refractivity contribution >= 4 is 22.9 Å². The maximum atomic E-state index is 5.72. The number of pyridine rings is 1. The third kappa shape index (κ3) is 2.25. The highest BCUT2D eigenvalue weighted by molar-refractivity contribution is 7.80. The van der Waals surface area contributed by atoms with E-state index in [0.29, 0.717) is 11.4 Å². The lowest BCUT2D eigenvalue weighted by Crippen LogP contribution is -2.19. The molecule has 2 N–H and O–H groups in total. The molecule has 18 heavy (non-hydrogen) atoms. The predicted octanol–water partition coefficient (Wildman–Crippen LogP) is 2.77. The summed E-state index contributed by atoms with van der Waals surface area (Å²) < 4.78 is 2.11. The highest BCUT2D eigenvalue weighted by atomic mass is 32.1. The second-order valence-electron chi connectivity index (χ2n) is 5.69. The summed E-state index contributed by atoms with van der Waals surface area (Å²) in [5.74, 6) is 0. The molecule has 0 aliphatic rings. The highest BCUT2D eigenvalue weighted by Crippen LogP contribution is 2.27. The number of thiocarbonyl (C=S) groups is 1. The zero-order valence-corrected chi connectivity index (χ0v) is 12.1. The van der Waals surface area contributed by atoms with Gasteiger partial charge in [-0.25, -0.2) is 4.98 Å². The lowest BCUT2D eigenvalue weighted by molar-refractivity contribution is 0.567. The van der Waals surface area contributed by atoms with Crippen LogP contribution < -0.4 is 5.73 Å². The topological polar surface area (TPSA) is 43.3 Å². The molecule has 2 aromatic rings. The number of fused-ring (bicyclic) bond motifs is 1. The molecule has 0 fully saturated rings. The van der Waals surface area contributed by atoms with Crippen LogP contribution in [0.4, 0.5) is 0 Å². The number of hydrogen-bond donors (Lipinski definition) is 1. The van der Waals surface area contributed by atoms with Gasteiger partial charge in [-0.1, -0.05) is 39.1 Å². The molecule has 0 saturated carbocycles. The Hall–Kier alpha value is -1.42. The van der Waals surface area contributed by atoms with Crippen molar-refractivity contribution < 1.29 is 0 Å². The summed E-state index contributed by atoms with van der Waals surface area (Å²) in [6, 6.07) is 4.10. The monoisotopic (exact) mass is 261 g/mol. The van der Waals surface area contributed by atoms with Gasteiger partial charge in [0.2, 0.25) is 0 Å². The molecular formula is C14H19N3S. The first kappa shape index (κ1) is 13.0. The second-order valence-corrected chi connectivity index (χ2v) is 6.21. The zero-order chi connectivity index (χ0) is 13.5. The first-order valence-corrected chi connectivity index (χ1v) is 6.47. The first-order valence-electron chi connectivity index (χ1n) is 6.06. The van der Waals surface area contributed by atoms with E-state index in [0.717, 1.165) is 22.6 Å². The van der Waals surface area contributed by atoms with Crippen molar-refractivity contribution in [1.29, 1.82) is 0 Å². The van der Waals surface area contributed by atoms with Crippen LogP contribution in [0.1, 0.15) is 37.7 Å². The standard InChI is InChI=1S/C14H19N3S/c1-9-6-5-7-17-10(8-11(15)18)12(14(2,3)4)16-13(9)17/h5-7H,8H2,1-4H3,(H2,15,18). The molecule has 4 heteroatoms. The minimum atomic E-state index is -0.0153. The number of aryl methyl sites for hydroxylation is 1. The largest absolute Gasteiger partial charge is 0.393 e. The third-order valence-corrected chi connectivity index (χ3v) is 3.14. The minimum Gasteiger partial charge on any atom is -0.393 e. The Morgan fingerprint density at radius 3 is 2.67 bits per heavy atom. The van der Waals surface area contributed by atoms with Crippen LogP contribution >= 0.6 is 12.2 Å². The van der Waals surface area contributed by atoms with Crippen LogP contribution in [0, 0.1) is 6.92 Å². The van der Waals surface area contributed by atoms with Crippen LogP contribution in [-0.4, -0.2) is 14.4 Å². The number of rotatable bonds is 2. The van der Waals surface area contributed by atoms with Gasteiger partial charge < -0.3 is 10.1 Å². The van der Waals surface area contributed by atoms with Crippen LogP contribution in [0.5, 0.6) is 0 Å². The van der Waals surface area contributed by atoms with Gasteiger partial charge >= 0.3 is 0 Å². The van der Waals surface area contributed by atoms with Crippen molar-refractivity contribution in [3.05, 3.63) is 35.3 Å². The molecule has 0 aromatic carbocycles. The van der Waals surface area contributed by atoms with E-state index in [9.17, 15) is 0 Å². The minimum absolute atomic E-state index is 0.0153. The maximum absolute atomic E-state index is 5.72. The average molecular weight is 261 g/mol. The fraction of sp³-hybridized carbons (Fsp3) is 0.429. The average Bonchev–Trinajstić information content (AvgIpc) is 2.57. The van der Waals surface area contributed by atoms with Gasteiger partial charge in [0.05, 0.1) is 16.4 Å². The molecule has 2 aromatic heterocycles. The molecule has 96 valence electrons. The predicted molar refractivity (Wildman–Crippen MR) is 79.1 cm³/mol. The van der Waals surface area contributed by atoms with E-state index in [1.807, 2.05) is 12.3 Å². The molecule has 0 radical (unpaired) electrons. The van der Waals surface area contributed by atoms with Crippen LogP contribution in [0.3, 0.4) is 0 Å². The van der Waals surface area contributed by atoms with Gasteiger partial charge in [0.25, 0.3) is 0 Å². The molecular weight excluding hydrogens is 242 g/mol. The molecule has 0 saturated heterocycles. The Morgan fingerprint density at radius 2 is 2.11 bits per heavy atom. The van der Waals surface area contributed by atoms with E-state index >= 15 is 0 Å². The number of aromatic nitrogens is 2. The van der Waals surface area contributed by atoms with Gasteiger partial charge in [0.1, 0.15) is 5.65 Å². The van der Waals surface area contributed by atoms with E-state index in [2.05, 4.69) is 38.2 Å². The zero-order valence-electron chi connectivity index (χ0n) is 11.3. The van der Waals surface area contributed by atoms with E-state index in [1.165, 1.54) is 0 Å². The van der Waals surface area contributed by atoms with E-state index in [4.69, 9.17) is 22.9 Å². The normalized spacial score (nSPS) is 12.0. The van der Waals surface area contributed by atoms with Gasteiger partial charge in [0.15, 0.2) is 0 Å².